The van der Waals surface area contributed by atoms with Gasteiger partial charge in [-0.15, -0.1) is 0 Å². The van der Waals surface area contributed by atoms with Gasteiger partial charge in [-0.3, -0.25) is 13.1 Å². The molecule has 10 nitrogen and oxygen atoms in total. The lowest BCUT2D eigenvalue weighted by Gasteiger charge is -2.28. The molecule has 5 rings (SSSR count). The summed E-state index contributed by atoms with van der Waals surface area (Å²) in [5.41, 5.74) is 8.04. The Balaban J connectivity index is 1.53. The van der Waals surface area contributed by atoms with Crippen LogP contribution in [0.5, 0.6) is 5.75 Å². The number of halogens is 1. The zero-order valence-corrected chi connectivity index (χ0v) is 29.1. The molecule has 1 saturated heterocycles. The highest BCUT2D eigenvalue weighted by atomic mass is 127. The Labute approximate surface area is 273 Å². The molecule has 1 fully saturated rings. The first kappa shape index (κ1) is 31.3. The average Bonchev–Trinajstić information content (AvgIpc) is 3.53. The fourth-order valence-corrected chi connectivity index (χ4v) is 6.74. The van der Waals surface area contributed by atoms with Gasteiger partial charge in [0.25, 0.3) is 0 Å². The maximum Gasteiger partial charge on any atom is 0.231 e. The lowest BCUT2D eigenvalue weighted by Crippen LogP contribution is -2.31. The van der Waals surface area contributed by atoms with Crippen molar-refractivity contribution in [1.29, 1.82) is 0 Å². The van der Waals surface area contributed by atoms with Crippen LogP contribution in [0.25, 0.3) is 11.0 Å². The molecule has 2 aromatic carbocycles. The van der Waals surface area contributed by atoms with E-state index in [-0.39, 0.29) is 0 Å². The molecule has 3 heterocycles. The second kappa shape index (κ2) is 13.3. The maximum atomic E-state index is 5.94. The molecule has 1 aliphatic heterocycles. The Hall–Kier alpha value is -3.10. The number of ether oxygens (including phenoxy) is 1. The molecule has 4 aromatic rings. The number of methoxy groups -OCH3 is 1. The van der Waals surface area contributed by atoms with Crippen LogP contribution in [0.15, 0.2) is 42.9 Å². The highest BCUT2D eigenvalue weighted by Crippen LogP contribution is 2.44. The minimum Gasteiger partial charge on any atom is -0.494 e. The summed E-state index contributed by atoms with van der Waals surface area (Å²) in [6.07, 6.45) is 9.39. The second-order valence-electron chi connectivity index (χ2n) is 10.9. The Morgan fingerprint density at radius 2 is 1.84 bits per heavy atom. The van der Waals surface area contributed by atoms with Crippen LogP contribution in [0.2, 0.25) is 0 Å². The molecule has 12 heteroatoms. The highest BCUT2D eigenvalue weighted by molar-refractivity contribution is 14.1. The molecule has 0 aliphatic carbocycles. The summed E-state index contributed by atoms with van der Waals surface area (Å²) in [6.45, 7) is 6.34. The van der Waals surface area contributed by atoms with Crippen LogP contribution in [-0.2, 0) is 6.42 Å². The first-order valence-corrected chi connectivity index (χ1v) is 16.5. The third-order valence-electron chi connectivity index (χ3n) is 8.18. The van der Waals surface area contributed by atoms with E-state index in [0.29, 0.717) is 12.0 Å². The summed E-state index contributed by atoms with van der Waals surface area (Å²) in [5.74, 6) is 2.22. The minimum atomic E-state index is 0.554. The van der Waals surface area contributed by atoms with E-state index in [1.165, 1.54) is 11.3 Å². The van der Waals surface area contributed by atoms with Crippen molar-refractivity contribution in [3.63, 3.8) is 0 Å². The SMILES string of the molecule is CCc1cnc(N(C)c2cc(C)c(N3CCC(N(C)C)C3)cc2OC)nc1N(I)c1ccc2nccnc2c1N(C)SC. The van der Waals surface area contributed by atoms with Gasteiger partial charge in [0.1, 0.15) is 11.3 Å². The van der Waals surface area contributed by atoms with Crippen molar-refractivity contribution in [2.24, 2.45) is 0 Å². The van der Waals surface area contributed by atoms with Gasteiger partial charge in [0, 0.05) is 75.4 Å². The van der Waals surface area contributed by atoms with Crippen molar-refractivity contribution in [3.05, 3.63) is 54.0 Å². The quantitative estimate of drug-likeness (QED) is 0.104. The monoisotopic (exact) mass is 713 g/mol. The van der Waals surface area contributed by atoms with Gasteiger partial charge in [-0.1, -0.05) is 18.9 Å². The summed E-state index contributed by atoms with van der Waals surface area (Å²) >= 11 is 3.97. The summed E-state index contributed by atoms with van der Waals surface area (Å²) in [6, 6.07) is 8.99. The van der Waals surface area contributed by atoms with Crippen LogP contribution in [0.4, 0.5) is 34.5 Å². The number of rotatable bonds is 10. The molecule has 0 bridgehead atoms. The molecule has 1 aliphatic rings. The number of fused-ring (bicyclic) bond motifs is 1. The largest absolute Gasteiger partial charge is 0.494 e. The van der Waals surface area contributed by atoms with E-state index in [1.54, 1.807) is 31.5 Å². The number of hydrogen-bond acceptors (Lipinski definition) is 11. The highest BCUT2D eigenvalue weighted by Gasteiger charge is 2.27. The van der Waals surface area contributed by atoms with Crippen molar-refractivity contribution in [2.45, 2.75) is 32.7 Å². The molecule has 2 aromatic heterocycles. The summed E-state index contributed by atoms with van der Waals surface area (Å²) in [4.78, 5) is 25.9. The molecule has 1 unspecified atom stereocenters. The molecule has 1 atom stereocenters. The van der Waals surface area contributed by atoms with Crippen molar-refractivity contribution < 1.29 is 4.74 Å². The second-order valence-corrected chi connectivity index (χ2v) is 12.8. The van der Waals surface area contributed by atoms with E-state index in [4.69, 9.17) is 14.7 Å². The molecular weight excluding hydrogens is 673 g/mol. The molecule has 0 N–H and O–H groups in total. The van der Waals surface area contributed by atoms with Gasteiger partial charge in [-0.05, 0) is 57.6 Å². The van der Waals surface area contributed by atoms with E-state index >= 15 is 0 Å². The third kappa shape index (κ3) is 6.14. The van der Waals surface area contributed by atoms with Crippen molar-refractivity contribution in [3.8, 4) is 5.75 Å². The Morgan fingerprint density at radius 3 is 2.51 bits per heavy atom. The van der Waals surface area contributed by atoms with E-state index in [9.17, 15) is 0 Å². The standard InChI is InChI=1S/C31H40IN9OS/c1-9-21-18-35-31(36-30(21)41(32)24-11-10-23-28(34-14-13-33-23)29(24)39(6)43-8)38(5)26-16-20(2)25(17-27(26)42-7)40-15-12-22(19-40)37(3)4/h10-11,13-14,16-18,22H,9,12,15,19H2,1-8H3. The van der Waals surface area contributed by atoms with Gasteiger partial charge in [-0.25, -0.2) is 4.98 Å². The van der Waals surface area contributed by atoms with Crippen molar-refractivity contribution >= 4 is 80.4 Å². The number of aryl methyl sites for hydroxylation is 2. The molecule has 0 saturated carbocycles. The van der Waals surface area contributed by atoms with E-state index in [1.807, 2.05) is 31.3 Å². The van der Waals surface area contributed by atoms with E-state index in [0.717, 1.165) is 71.2 Å². The number of aromatic nitrogens is 4. The fraction of sp³-hybridized carbons (Fsp3) is 0.419. The van der Waals surface area contributed by atoms with Gasteiger partial charge in [0.05, 0.1) is 52.6 Å². The first-order valence-electron chi connectivity index (χ1n) is 14.4. The average molecular weight is 714 g/mol. The Morgan fingerprint density at radius 1 is 1.07 bits per heavy atom. The number of hydrogen-bond donors (Lipinski definition) is 0. The predicted octanol–water partition coefficient (Wildman–Crippen LogP) is 6.41. The molecular formula is C31H40IN9OS. The number of benzene rings is 2. The minimum absolute atomic E-state index is 0.554. The van der Waals surface area contributed by atoms with Crippen LogP contribution in [0.1, 0.15) is 24.5 Å². The van der Waals surface area contributed by atoms with Gasteiger partial charge >= 0.3 is 0 Å². The Bertz CT molecular complexity index is 1600. The predicted molar refractivity (Wildman–Crippen MR) is 189 cm³/mol. The zero-order chi connectivity index (χ0) is 30.8. The van der Waals surface area contributed by atoms with Crippen molar-refractivity contribution in [1.82, 2.24) is 24.8 Å². The number of nitrogens with zero attached hydrogens (tertiary/aromatic N) is 9. The van der Waals surface area contributed by atoms with Gasteiger partial charge in [0.2, 0.25) is 5.95 Å². The summed E-state index contributed by atoms with van der Waals surface area (Å²) in [7, 11) is 10.1. The molecule has 0 amide bonds. The van der Waals surface area contributed by atoms with Crippen LogP contribution >= 0.6 is 34.8 Å². The van der Waals surface area contributed by atoms with Crippen LogP contribution in [0.3, 0.4) is 0 Å². The fourth-order valence-electron chi connectivity index (χ4n) is 5.57. The summed E-state index contributed by atoms with van der Waals surface area (Å²) < 4.78 is 10.2. The molecule has 0 radical (unpaired) electrons. The lowest BCUT2D eigenvalue weighted by atomic mass is 10.1. The molecule has 43 heavy (non-hydrogen) atoms. The normalized spacial score (nSPS) is 14.9. The van der Waals surface area contributed by atoms with Crippen LogP contribution in [0, 0.1) is 6.92 Å². The van der Waals surface area contributed by atoms with Gasteiger partial charge in [0.15, 0.2) is 5.82 Å². The first-order chi connectivity index (χ1) is 20.7. The smallest absolute Gasteiger partial charge is 0.231 e. The van der Waals surface area contributed by atoms with Crippen molar-refractivity contribution in [2.75, 3.05) is 71.9 Å². The van der Waals surface area contributed by atoms with E-state index < -0.39 is 0 Å². The number of likely N-dealkylation sites (N-methyl/N-ethyl adjacent to an activating group) is 1. The third-order valence-corrected chi connectivity index (χ3v) is 9.89. The lowest BCUT2D eigenvalue weighted by molar-refractivity contribution is 0.315. The molecule has 228 valence electrons. The zero-order valence-electron chi connectivity index (χ0n) is 26.2. The van der Waals surface area contributed by atoms with E-state index in [2.05, 4.69) is 102 Å². The topological polar surface area (TPSA) is 77.0 Å². The van der Waals surface area contributed by atoms with Gasteiger partial charge < -0.3 is 23.7 Å². The Kier molecular flexibility index (Phi) is 9.67. The van der Waals surface area contributed by atoms with Crippen LogP contribution in [-0.4, -0.2) is 85.5 Å². The van der Waals surface area contributed by atoms with Crippen LogP contribution < -0.4 is 22.0 Å². The summed E-state index contributed by atoms with van der Waals surface area (Å²) in [5, 5.41) is 0. The maximum absolute atomic E-state index is 5.94. The van der Waals surface area contributed by atoms with Gasteiger partial charge in [-0.2, -0.15) is 4.98 Å². The number of anilines is 6. The molecule has 0 spiro atoms.